The Morgan fingerprint density at radius 1 is 1.08 bits per heavy atom. The van der Waals surface area contributed by atoms with Crippen LogP contribution in [-0.4, -0.2) is 28.2 Å². The summed E-state index contributed by atoms with van der Waals surface area (Å²) in [4.78, 5) is 23.2. The smallest absolute Gasteiger partial charge is 0.244 e. The number of hydrogen-bond donors (Lipinski definition) is 0. The summed E-state index contributed by atoms with van der Waals surface area (Å²) in [5, 5.41) is 9.87. The molecule has 124 valence electrons. The van der Waals surface area contributed by atoms with Gasteiger partial charge in [0.2, 0.25) is 5.91 Å². The molecular formula is C19H16N4O2. The van der Waals surface area contributed by atoms with E-state index in [9.17, 15) is 9.59 Å². The highest BCUT2D eigenvalue weighted by Gasteiger charge is 2.11. The van der Waals surface area contributed by atoms with Crippen LogP contribution in [0.25, 0.3) is 5.69 Å². The fourth-order valence-corrected chi connectivity index (χ4v) is 2.35. The van der Waals surface area contributed by atoms with Gasteiger partial charge in [-0.15, -0.1) is 0 Å². The second-order valence-corrected chi connectivity index (χ2v) is 5.27. The lowest BCUT2D eigenvalue weighted by atomic mass is 10.3. The van der Waals surface area contributed by atoms with Gasteiger partial charge in [-0.2, -0.15) is 10.2 Å². The first-order valence-electron chi connectivity index (χ1n) is 7.69. The second-order valence-electron chi connectivity index (χ2n) is 5.27. The van der Waals surface area contributed by atoms with Crippen LogP contribution in [0.3, 0.4) is 0 Å². The average molecular weight is 332 g/mol. The summed E-state index contributed by atoms with van der Waals surface area (Å²) in [5.74, 6) is -0.222. The van der Waals surface area contributed by atoms with E-state index in [0.717, 1.165) is 12.0 Å². The number of carbonyl (C=O) groups is 2. The first-order valence-corrected chi connectivity index (χ1v) is 7.69. The SMILES string of the molecule is CC(=O)N(N=Cc1cc(C=O)n(-c2ccccc2)n1)c1ccccc1. The van der Waals surface area contributed by atoms with E-state index >= 15 is 0 Å². The number of benzene rings is 2. The highest BCUT2D eigenvalue weighted by atomic mass is 16.2. The maximum Gasteiger partial charge on any atom is 0.244 e. The van der Waals surface area contributed by atoms with Crippen LogP contribution in [0, 0.1) is 0 Å². The number of hydrogen-bond acceptors (Lipinski definition) is 4. The molecule has 1 heterocycles. The van der Waals surface area contributed by atoms with Crippen LogP contribution in [0.15, 0.2) is 71.8 Å². The molecule has 1 aromatic heterocycles. The van der Waals surface area contributed by atoms with Crippen molar-refractivity contribution in [2.75, 3.05) is 5.01 Å². The third-order valence-electron chi connectivity index (χ3n) is 3.48. The fraction of sp³-hybridized carbons (Fsp3) is 0.0526. The van der Waals surface area contributed by atoms with Crippen LogP contribution in [0.4, 0.5) is 5.69 Å². The van der Waals surface area contributed by atoms with Gasteiger partial charge in [0, 0.05) is 6.92 Å². The molecule has 6 heteroatoms. The van der Waals surface area contributed by atoms with E-state index in [0.29, 0.717) is 17.1 Å². The van der Waals surface area contributed by atoms with E-state index in [1.165, 1.54) is 22.8 Å². The summed E-state index contributed by atoms with van der Waals surface area (Å²) in [6.07, 6.45) is 2.19. The Balaban J connectivity index is 1.92. The van der Waals surface area contributed by atoms with Crippen LogP contribution in [0.2, 0.25) is 0 Å². The van der Waals surface area contributed by atoms with E-state index < -0.39 is 0 Å². The first-order chi connectivity index (χ1) is 12.2. The van der Waals surface area contributed by atoms with Crippen LogP contribution < -0.4 is 5.01 Å². The normalized spacial score (nSPS) is 10.8. The van der Waals surface area contributed by atoms with Gasteiger partial charge in [0.05, 0.1) is 17.6 Å². The third kappa shape index (κ3) is 3.69. The van der Waals surface area contributed by atoms with E-state index in [4.69, 9.17) is 0 Å². The van der Waals surface area contributed by atoms with Crippen molar-refractivity contribution in [2.24, 2.45) is 5.10 Å². The minimum absolute atomic E-state index is 0.222. The fourth-order valence-electron chi connectivity index (χ4n) is 2.35. The van der Waals surface area contributed by atoms with Gasteiger partial charge in [0.25, 0.3) is 0 Å². The molecule has 0 saturated carbocycles. The maximum atomic E-state index is 11.8. The summed E-state index contributed by atoms with van der Waals surface area (Å²) in [6.45, 7) is 1.43. The Hall–Kier alpha value is -3.54. The Labute approximate surface area is 145 Å². The van der Waals surface area contributed by atoms with Gasteiger partial charge in [-0.1, -0.05) is 36.4 Å². The van der Waals surface area contributed by atoms with Crippen LogP contribution >= 0.6 is 0 Å². The quantitative estimate of drug-likeness (QED) is 0.410. The van der Waals surface area contributed by atoms with Crippen molar-refractivity contribution >= 4 is 24.1 Å². The second kappa shape index (κ2) is 7.35. The standard InChI is InChI=1S/C19H16N4O2/c1-15(25)22(17-8-4-2-5-9-17)20-13-16-12-19(14-24)23(21-16)18-10-6-3-7-11-18/h2-14H,1H3. The molecule has 0 unspecified atom stereocenters. The minimum Gasteiger partial charge on any atom is -0.296 e. The number of carbonyl (C=O) groups excluding carboxylic acids is 2. The Morgan fingerprint density at radius 3 is 2.32 bits per heavy atom. The van der Waals surface area contributed by atoms with Crippen molar-refractivity contribution < 1.29 is 9.59 Å². The molecule has 1 amide bonds. The molecule has 0 bridgehead atoms. The zero-order valence-corrected chi connectivity index (χ0v) is 13.6. The molecule has 6 nitrogen and oxygen atoms in total. The Morgan fingerprint density at radius 2 is 1.72 bits per heavy atom. The molecule has 0 N–H and O–H groups in total. The molecule has 0 saturated heterocycles. The number of hydrazone groups is 1. The molecule has 0 fully saturated rings. The molecule has 3 aromatic rings. The number of anilines is 1. The van der Waals surface area contributed by atoms with Gasteiger partial charge >= 0.3 is 0 Å². The lowest BCUT2D eigenvalue weighted by Crippen LogP contribution is -2.22. The maximum absolute atomic E-state index is 11.8. The van der Waals surface area contributed by atoms with E-state index in [1.54, 1.807) is 18.2 Å². The van der Waals surface area contributed by atoms with E-state index in [-0.39, 0.29) is 5.91 Å². The lowest BCUT2D eigenvalue weighted by molar-refractivity contribution is -0.116. The predicted octanol–water partition coefficient (Wildman–Crippen LogP) is 3.07. The molecule has 0 spiro atoms. The zero-order chi connectivity index (χ0) is 17.6. The molecule has 0 aliphatic carbocycles. The average Bonchev–Trinajstić information content (AvgIpc) is 3.06. The number of aldehydes is 1. The van der Waals surface area contributed by atoms with Crippen molar-refractivity contribution in [2.45, 2.75) is 6.92 Å². The largest absolute Gasteiger partial charge is 0.296 e. The molecule has 0 radical (unpaired) electrons. The molecule has 2 aromatic carbocycles. The van der Waals surface area contributed by atoms with E-state index in [2.05, 4.69) is 10.2 Å². The lowest BCUT2D eigenvalue weighted by Gasteiger charge is -2.14. The topological polar surface area (TPSA) is 67.6 Å². The van der Waals surface area contributed by atoms with Gasteiger partial charge in [-0.25, -0.2) is 9.69 Å². The minimum atomic E-state index is -0.222. The Kier molecular flexibility index (Phi) is 4.80. The number of aromatic nitrogens is 2. The summed E-state index contributed by atoms with van der Waals surface area (Å²) in [6, 6.07) is 20.1. The molecule has 25 heavy (non-hydrogen) atoms. The van der Waals surface area contributed by atoms with E-state index in [1.807, 2.05) is 48.5 Å². The summed E-state index contributed by atoms with van der Waals surface area (Å²) < 4.78 is 1.54. The highest BCUT2D eigenvalue weighted by molar-refractivity contribution is 5.93. The predicted molar refractivity (Wildman–Crippen MR) is 96.1 cm³/mol. The monoisotopic (exact) mass is 332 g/mol. The van der Waals surface area contributed by atoms with Crippen molar-refractivity contribution in [3.63, 3.8) is 0 Å². The van der Waals surface area contributed by atoms with Crippen molar-refractivity contribution in [1.82, 2.24) is 9.78 Å². The summed E-state index contributed by atoms with van der Waals surface area (Å²) in [5.41, 5.74) is 2.31. The van der Waals surface area contributed by atoms with Gasteiger partial charge < -0.3 is 0 Å². The molecule has 0 aliphatic heterocycles. The molecule has 0 atom stereocenters. The van der Waals surface area contributed by atoms with Gasteiger partial charge in [0.15, 0.2) is 6.29 Å². The van der Waals surface area contributed by atoms with Gasteiger partial charge in [0.1, 0.15) is 11.4 Å². The first kappa shape index (κ1) is 16.3. The van der Waals surface area contributed by atoms with Gasteiger partial charge in [-0.05, 0) is 30.3 Å². The number of amides is 1. The van der Waals surface area contributed by atoms with Crippen molar-refractivity contribution in [3.8, 4) is 5.69 Å². The Bertz CT molecular complexity index is 902. The number of nitrogens with zero attached hydrogens (tertiary/aromatic N) is 4. The zero-order valence-electron chi connectivity index (χ0n) is 13.6. The summed E-state index contributed by atoms with van der Waals surface area (Å²) >= 11 is 0. The third-order valence-corrected chi connectivity index (χ3v) is 3.48. The van der Waals surface area contributed by atoms with Crippen LogP contribution in [-0.2, 0) is 4.79 Å². The molecule has 0 aliphatic rings. The van der Waals surface area contributed by atoms with Crippen molar-refractivity contribution in [1.29, 1.82) is 0 Å². The number of para-hydroxylation sites is 2. The molecule has 3 rings (SSSR count). The molecular weight excluding hydrogens is 316 g/mol. The number of rotatable bonds is 5. The van der Waals surface area contributed by atoms with Crippen LogP contribution in [0.1, 0.15) is 23.1 Å². The van der Waals surface area contributed by atoms with Gasteiger partial charge in [-0.3, -0.25) is 9.59 Å². The van der Waals surface area contributed by atoms with Crippen molar-refractivity contribution in [3.05, 3.63) is 78.1 Å². The summed E-state index contributed by atoms with van der Waals surface area (Å²) in [7, 11) is 0. The highest BCUT2D eigenvalue weighted by Crippen LogP contribution is 2.14. The van der Waals surface area contributed by atoms with Crippen LogP contribution in [0.5, 0.6) is 0 Å².